The molecule has 2 aromatic rings. The SMILES string of the molecule is O=C(O)c1ccc(OCCc2ccncc2)c(Br)c1. The third kappa shape index (κ3) is 3.79. The smallest absolute Gasteiger partial charge is 0.335 e. The van der Waals surface area contributed by atoms with Crippen molar-refractivity contribution in [2.24, 2.45) is 0 Å². The highest BCUT2D eigenvalue weighted by Crippen LogP contribution is 2.26. The molecule has 98 valence electrons. The van der Waals surface area contributed by atoms with Gasteiger partial charge in [0.25, 0.3) is 0 Å². The van der Waals surface area contributed by atoms with Gasteiger partial charge in [0.2, 0.25) is 0 Å². The molecule has 0 radical (unpaired) electrons. The highest BCUT2D eigenvalue weighted by molar-refractivity contribution is 9.10. The molecule has 1 N–H and O–H groups in total. The van der Waals surface area contributed by atoms with Crippen LogP contribution in [0.25, 0.3) is 0 Å². The van der Waals surface area contributed by atoms with Crippen LogP contribution >= 0.6 is 15.9 Å². The first-order valence-electron chi connectivity index (χ1n) is 5.71. The number of halogens is 1. The van der Waals surface area contributed by atoms with E-state index < -0.39 is 5.97 Å². The Morgan fingerprint density at radius 2 is 2.00 bits per heavy atom. The molecule has 0 saturated heterocycles. The standard InChI is InChI=1S/C14H12BrNO3/c15-12-9-11(14(17)18)1-2-13(12)19-8-5-10-3-6-16-7-4-10/h1-4,6-7,9H,5,8H2,(H,17,18). The number of pyridine rings is 1. The molecular weight excluding hydrogens is 310 g/mol. The van der Waals surface area contributed by atoms with Crippen LogP contribution < -0.4 is 4.74 Å². The number of rotatable bonds is 5. The van der Waals surface area contributed by atoms with E-state index in [2.05, 4.69) is 20.9 Å². The Morgan fingerprint density at radius 3 is 2.63 bits per heavy atom. The van der Waals surface area contributed by atoms with Crippen molar-refractivity contribution in [3.05, 3.63) is 58.3 Å². The van der Waals surface area contributed by atoms with Crippen LogP contribution in [0.3, 0.4) is 0 Å². The number of carboxylic acid groups (broad SMARTS) is 1. The van der Waals surface area contributed by atoms with Gasteiger partial charge in [-0.15, -0.1) is 0 Å². The van der Waals surface area contributed by atoms with Gasteiger partial charge in [-0.1, -0.05) is 0 Å². The highest BCUT2D eigenvalue weighted by Gasteiger charge is 2.07. The van der Waals surface area contributed by atoms with E-state index in [1.165, 1.54) is 12.1 Å². The monoisotopic (exact) mass is 321 g/mol. The molecule has 0 amide bonds. The van der Waals surface area contributed by atoms with E-state index in [-0.39, 0.29) is 5.56 Å². The summed E-state index contributed by atoms with van der Waals surface area (Å²) in [6.07, 6.45) is 4.26. The summed E-state index contributed by atoms with van der Waals surface area (Å²) in [5.74, 6) is -0.317. The third-order valence-electron chi connectivity index (χ3n) is 2.58. The Morgan fingerprint density at radius 1 is 1.26 bits per heavy atom. The number of carbonyl (C=O) groups is 1. The fourth-order valence-corrected chi connectivity index (χ4v) is 2.07. The zero-order chi connectivity index (χ0) is 13.7. The van der Waals surface area contributed by atoms with Crippen molar-refractivity contribution in [1.82, 2.24) is 4.98 Å². The first kappa shape index (κ1) is 13.5. The first-order chi connectivity index (χ1) is 9.16. The van der Waals surface area contributed by atoms with Crippen LogP contribution in [-0.2, 0) is 6.42 Å². The molecule has 0 aliphatic rings. The van der Waals surface area contributed by atoms with Gasteiger partial charge >= 0.3 is 5.97 Å². The quantitative estimate of drug-likeness (QED) is 0.918. The van der Waals surface area contributed by atoms with Crippen molar-refractivity contribution in [3.63, 3.8) is 0 Å². The largest absolute Gasteiger partial charge is 0.492 e. The summed E-state index contributed by atoms with van der Waals surface area (Å²) in [6, 6.07) is 8.58. The molecule has 5 heteroatoms. The predicted octanol–water partition coefficient (Wildman–Crippen LogP) is 3.16. The summed E-state index contributed by atoms with van der Waals surface area (Å²) in [4.78, 5) is 14.7. The maximum Gasteiger partial charge on any atom is 0.335 e. The maximum absolute atomic E-state index is 10.8. The Balaban J connectivity index is 1.95. The summed E-state index contributed by atoms with van der Waals surface area (Å²) < 4.78 is 6.26. The van der Waals surface area contributed by atoms with E-state index in [1.807, 2.05) is 12.1 Å². The molecule has 1 aromatic heterocycles. The summed E-state index contributed by atoms with van der Waals surface area (Å²) >= 11 is 3.30. The van der Waals surface area contributed by atoms with Gasteiger partial charge in [0.1, 0.15) is 5.75 Å². The van der Waals surface area contributed by atoms with Gasteiger partial charge in [-0.25, -0.2) is 4.79 Å². The predicted molar refractivity (Wildman–Crippen MR) is 74.5 cm³/mol. The molecule has 0 fully saturated rings. The van der Waals surface area contributed by atoms with Crippen molar-refractivity contribution in [2.45, 2.75) is 6.42 Å². The molecule has 0 aliphatic heterocycles. The lowest BCUT2D eigenvalue weighted by molar-refractivity contribution is 0.0697. The minimum absolute atomic E-state index is 0.230. The fourth-order valence-electron chi connectivity index (χ4n) is 1.58. The van der Waals surface area contributed by atoms with Crippen molar-refractivity contribution >= 4 is 21.9 Å². The van der Waals surface area contributed by atoms with E-state index in [0.29, 0.717) is 16.8 Å². The molecule has 2 rings (SSSR count). The van der Waals surface area contributed by atoms with E-state index >= 15 is 0 Å². The van der Waals surface area contributed by atoms with Crippen molar-refractivity contribution in [2.75, 3.05) is 6.61 Å². The molecule has 0 atom stereocenters. The van der Waals surface area contributed by atoms with Crippen LogP contribution in [0.2, 0.25) is 0 Å². The molecule has 0 aliphatic carbocycles. The number of benzene rings is 1. The van der Waals surface area contributed by atoms with E-state index in [4.69, 9.17) is 9.84 Å². The van der Waals surface area contributed by atoms with Crippen LogP contribution in [0.1, 0.15) is 15.9 Å². The van der Waals surface area contributed by atoms with E-state index in [1.54, 1.807) is 18.5 Å². The minimum Gasteiger partial charge on any atom is -0.492 e. The zero-order valence-electron chi connectivity index (χ0n) is 10.0. The van der Waals surface area contributed by atoms with Gasteiger partial charge in [-0.3, -0.25) is 4.98 Å². The summed E-state index contributed by atoms with van der Waals surface area (Å²) in [6.45, 7) is 0.523. The summed E-state index contributed by atoms with van der Waals surface area (Å²) in [7, 11) is 0. The van der Waals surface area contributed by atoms with Gasteiger partial charge in [0.05, 0.1) is 16.6 Å². The van der Waals surface area contributed by atoms with Gasteiger partial charge in [0.15, 0.2) is 0 Å². The second-order valence-electron chi connectivity index (χ2n) is 3.90. The molecule has 0 saturated carbocycles. The molecule has 1 aromatic carbocycles. The summed E-state index contributed by atoms with van der Waals surface area (Å²) in [5, 5.41) is 8.86. The van der Waals surface area contributed by atoms with Crippen LogP contribution in [0.5, 0.6) is 5.75 Å². The minimum atomic E-state index is -0.955. The number of carboxylic acids is 1. The Hall–Kier alpha value is -1.88. The fraction of sp³-hybridized carbons (Fsp3) is 0.143. The average Bonchev–Trinajstić information content (AvgIpc) is 2.41. The topological polar surface area (TPSA) is 59.4 Å². The Bertz CT molecular complexity index is 572. The molecule has 0 bridgehead atoms. The number of hydrogen-bond donors (Lipinski definition) is 1. The van der Waals surface area contributed by atoms with Gasteiger partial charge in [-0.05, 0) is 51.8 Å². The molecular formula is C14H12BrNO3. The van der Waals surface area contributed by atoms with Crippen LogP contribution in [0.15, 0.2) is 47.2 Å². The van der Waals surface area contributed by atoms with Crippen LogP contribution in [0, 0.1) is 0 Å². The normalized spacial score (nSPS) is 10.2. The first-order valence-corrected chi connectivity index (χ1v) is 6.50. The Kier molecular flexibility index (Phi) is 4.52. The number of hydrogen-bond acceptors (Lipinski definition) is 3. The molecule has 0 spiro atoms. The average molecular weight is 322 g/mol. The number of aromatic nitrogens is 1. The van der Waals surface area contributed by atoms with E-state index in [9.17, 15) is 4.79 Å². The molecule has 1 heterocycles. The van der Waals surface area contributed by atoms with Crippen molar-refractivity contribution in [3.8, 4) is 5.75 Å². The lowest BCUT2D eigenvalue weighted by Crippen LogP contribution is -2.03. The Labute approximate surface area is 119 Å². The zero-order valence-corrected chi connectivity index (χ0v) is 11.6. The third-order valence-corrected chi connectivity index (χ3v) is 3.20. The second-order valence-corrected chi connectivity index (χ2v) is 4.76. The highest BCUT2D eigenvalue weighted by atomic mass is 79.9. The maximum atomic E-state index is 10.8. The lowest BCUT2D eigenvalue weighted by atomic mass is 10.2. The molecule has 19 heavy (non-hydrogen) atoms. The van der Waals surface area contributed by atoms with E-state index in [0.717, 1.165) is 12.0 Å². The number of ether oxygens (including phenoxy) is 1. The number of nitrogens with zero attached hydrogens (tertiary/aromatic N) is 1. The lowest BCUT2D eigenvalue weighted by Gasteiger charge is -2.08. The molecule has 4 nitrogen and oxygen atoms in total. The van der Waals surface area contributed by atoms with Crippen LogP contribution in [0.4, 0.5) is 0 Å². The van der Waals surface area contributed by atoms with Crippen molar-refractivity contribution < 1.29 is 14.6 Å². The van der Waals surface area contributed by atoms with Gasteiger partial charge < -0.3 is 9.84 Å². The number of aromatic carboxylic acids is 1. The second kappa shape index (κ2) is 6.33. The van der Waals surface area contributed by atoms with Gasteiger partial charge in [-0.2, -0.15) is 0 Å². The van der Waals surface area contributed by atoms with Crippen LogP contribution in [-0.4, -0.2) is 22.7 Å². The van der Waals surface area contributed by atoms with Gasteiger partial charge in [0, 0.05) is 18.8 Å². The van der Waals surface area contributed by atoms with Crippen molar-refractivity contribution in [1.29, 1.82) is 0 Å². The summed E-state index contributed by atoms with van der Waals surface area (Å²) in [5.41, 5.74) is 1.38. The molecule has 0 unspecified atom stereocenters.